The topological polar surface area (TPSA) is 160 Å². The number of carbonyl (C=O) groups is 2. The van der Waals surface area contributed by atoms with Crippen molar-refractivity contribution in [3.63, 3.8) is 0 Å². The van der Waals surface area contributed by atoms with Crippen molar-refractivity contribution in [1.29, 1.82) is 5.26 Å². The predicted octanol–water partition coefficient (Wildman–Crippen LogP) is 9.33. The fraction of sp³-hybridized carbons (Fsp3) is 0.283. The monoisotopic (exact) mass is 985 g/mol. The molecule has 0 radical (unpaired) electrons. The van der Waals surface area contributed by atoms with Crippen LogP contribution >= 0.6 is 23.2 Å². The number of halogens is 2. The van der Waals surface area contributed by atoms with Crippen LogP contribution in [0.5, 0.6) is 17.2 Å². The van der Waals surface area contributed by atoms with Crippen LogP contribution in [0.4, 0.5) is 5.82 Å². The molecule has 0 unspecified atom stereocenters. The van der Waals surface area contributed by atoms with E-state index in [9.17, 15) is 23.3 Å². The Morgan fingerprint density at radius 2 is 1.59 bits per heavy atom. The molecule has 3 atom stereocenters. The second-order valence-electron chi connectivity index (χ2n) is 17.5. The fourth-order valence-electron chi connectivity index (χ4n) is 8.84. The SMILES string of the molecule is COC(=O)[C@H](Cc1ccc(-c2ccc(C#N)cc2)cc1)NC(=O)[C@@H]1Cc2cc3c(cc2CN1S(=O)(=O)c1ccc(N(C)C2CCC2)nc1C)O[C@@H](c1ccc(OCc2ccc(Cl)c(Cl)c2)cc1)CO3. The first kappa shape index (κ1) is 47.4. The molecule has 0 bridgehead atoms. The Bertz CT molecular complexity index is 3050. The predicted molar refractivity (Wildman–Crippen MR) is 262 cm³/mol. The van der Waals surface area contributed by atoms with E-state index in [1.54, 1.807) is 55.5 Å². The molecule has 1 aliphatic carbocycles. The molecule has 1 amide bonds. The number of ether oxygens (including phenoxy) is 4. The number of esters is 1. The number of carbonyl (C=O) groups excluding carboxylic acids is 2. The summed E-state index contributed by atoms with van der Waals surface area (Å²) >= 11 is 12.2. The van der Waals surface area contributed by atoms with Crippen molar-refractivity contribution in [2.75, 3.05) is 25.7 Å². The molecule has 1 saturated carbocycles. The quantitative estimate of drug-likeness (QED) is 0.104. The van der Waals surface area contributed by atoms with Gasteiger partial charge in [0.25, 0.3) is 0 Å². The lowest BCUT2D eigenvalue weighted by Gasteiger charge is -2.37. The van der Waals surface area contributed by atoms with Gasteiger partial charge in [0.15, 0.2) is 17.6 Å². The first-order chi connectivity index (χ1) is 33.3. The Hall–Kier alpha value is -6.63. The highest BCUT2D eigenvalue weighted by molar-refractivity contribution is 7.89. The van der Waals surface area contributed by atoms with Crippen LogP contribution in [0.2, 0.25) is 10.0 Å². The fourth-order valence-corrected chi connectivity index (χ4v) is 10.9. The van der Waals surface area contributed by atoms with Gasteiger partial charge in [0.1, 0.15) is 41.8 Å². The summed E-state index contributed by atoms with van der Waals surface area (Å²) in [5.41, 5.74) is 6.46. The van der Waals surface area contributed by atoms with Crippen LogP contribution < -0.4 is 24.4 Å². The molecule has 3 aliphatic rings. The number of hydrogen-bond donors (Lipinski definition) is 1. The second kappa shape index (κ2) is 20.1. The average molecular weight is 987 g/mol. The zero-order valence-electron chi connectivity index (χ0n) is 38.2. The summed E-state index contributed by atoms with van der Waals surface area (Å²) in [6, 6.07) is 34.5. The molecule has 1 fully saturated rings. The smallest absolute Gasteiger partial charge is 0.328 e. The van der Waals surface area contributed by atoms with Crippen LogP contribution in [0.3, 0.4) is 0 Å². The average Bonchev–Trinajstić information content (AvgIpc) is 3.34. The minimum Gasteiger partial charge on any atom is -0.489 e. The van der Waals surface area contributed by atoms with Crippen LogP contribution in [0.1, 0.15) is 64.4 Å². The van der Waals surface area contributed by atoms with Crippen LogP contribution in [0, 0.1) is 18.3 Å². The highest BCUT2D eigenvalue weighted by Gasteiger charge is 2.43. The number of amides is 1. The molecule has 6 aromatic rings. The first-order valence-electron chi connectivity index (χ1n) is 22.6. The summed E-state index contributed by atoms with van der Waals surface area (Å²) < 4.78 is 55.1. The number of nitrogens with zero attached hydrogens (tertiary/aromatic N) is 4. The number of pyridine rings is 1. The Labute approximate surface area is 411 Å². The number of nitrogens with one attached hydrogen (secondary N) is 1. The summed E-state index contributed by atoms with van der Waals surface area (Å²) in [6.45, 7) is 1.99. The third-order valence-electron chi connectivity index (χ3n) is 13.1. The third kappa shape index (κ3) is 10.2. The number of fused-ring (bicyclic) bond motifs is 2. The molecule has 1 N–H and O–H groups in total. The molecule has 0 saturated heterocycles. The molecule has 5 aromatic carbocycles. The van der Waals surface area contributed by atoms with Crippen LogP contribution in [0.25, 0.3) is 11.1 Å². The van der Waals surface area contributed by atoms with E-state index in [-0.39, 0.29) is 30.9 Å². The molecule has 13 nitrogen and oxygen atoms in total. The summed E-state index contributed by atoms with van der Waals surface area (Å²) in [4.78, 5) is 34.8. The normalized spacial score (nSPS) is 17.1. The Kier molecular flexibility index (Phi) is 13.8. The van der Waals surface area contributed by atoms with E-state index in [1.165, 1.54) is 11.4 Å². The van der Waals surface area contributed by atoms with Gasteiger partial charge in [-0.1, -0.05) is 77.8 Å². The van der Waals surface area contributed by atoms with Crippen LogP contribution in [-0.4, -0.2) is 68.5 Å². The van der Waals surface area contributed by atoms with Gasteiger partial charge in [-0.2, -0.15) is 9.57 Å². The van der Waals surface area contributed by atoms with Crippen molar-refractivity contribution in [3.05, 3.63) is 164 Å². The molecule has 9 rings (SSSR count). The highest BCUT2D eigenvalue weighted by Crippen LogP contribution is 2.42. The molecule has 2 aliphatic heterocycles. The maximum absolute atomic E-state index is 15.0. The Morgan fingerprint density at radius 1 is 0.899 bits per heavy atom. The van der Waals surface area contributed by atoms with Gasteiger partial charge < -0.3 is 29.2 Å². The lowest BCUT2D eigenvalue weighted by Crippen LogP contribution is -2.56. The molecule has 16 heteroatoms. The number of sulfonamides is 1. The number of anilines is 1. The number of rotatable bonds is 14. The minimum absolute atomic E-state index is 0.0215. The largest absolute Gasteiger partial charge is 0.489 e. The van der Waals surface area contributed by atoms with Gasteiger partial charge in [0, 0.05) is 26.1 Å². The van der Waals surface area contributed by atoms with Gasteiger partial charge in [-0.25, -0.2) is 18.2 Å². The minimum atomic E-state index is -4.38. The Morgan fingerprint density at radius 3 is 2.25 bits per heavy atom. The summed E-state index contributed by atoms with van der Waals surface area (Å²) in [5, 5.41) is 13.0. The molecule has 69 heavy (non-hydrogen) atoms. The first-order valence-corrected chi connectivity index (χ1v) is 24.8. The van der Waals surface area contributed by atoms with Crippen molar-refractivity contribution < 1.29 is 37.0 Å². The van der Waals surface area contributed by atoms with Gasteiger partial charge in [-0.3, -0.25) is 4.79 Å². The molecule has 1 aromatic heterocycles. The molecule has 3 heterocycles. The summed E-state index contributed by atoms with van der Waals surface area (Å²) in [5.74, 6) is 0.863. The van der Waals surface area contributed by atoms with Crippen LogP contribution in [0.15, 0.2) is 120 Å². The molecule has 0 spiro atoms. The van der Waals surface area contributed by atoms with E-state index in [0.29, 0.717) is 68.1 Å². The van der Waals surface area contributed by atoms with Crippen molar-refractivity contribution in [3.8, 4) is 34.4 Å². The molecule has 354 valence electrons. The van der Waals surface area contributed by atoms with Crippen molar-refractivity contribution in [1.82, 2.24) is 14.6 Å². The highest BCUT2D eigenvalue weighted by atomic mass is 35.5. The lowest BCUT2D eigenvalue weighted by molar-refractivity contribution is -0.145. The van der Waals surface area contributed by atoms with Gasteiger partial charge in [0.05, 0.1) is 34.5 Å². The zero-order valence-corrected chi connectivity index (χ0v) is 40.5. The third-order valence-corrected chi connectivity index (χ3v) is 15.8. The number of aromatic nitrogens is 1. The van der Waals surface area contributed by atoms with Gasteiger partial charge in [-0.15, -0.1) is 0 Å². The van der Waals surface area contributed by atoms with Crippen molar-refractivity contribution in [2.45, 2.75) is 81.3 Å². The van der Waals surface area contributed by atoms with E-state index in [1.807, 2.05) is 73.8 Å². The number of nitriles is 1. The van der Waals surface area contributed by atoms with Gasteiger partial charge in [0.2, 0.25) is 15.9 Å². The van der Waals surface area contributed by atoms with E-state index in [4.69, 9.17) is 47.1 Å². The lowest BCUT2D eigenvalue weighted by atomic mass is 9.92. The van der Waals surface area contributed by atoms with Crippen LogP contribution in [-0.2, 0) is 50.3 Å². The van der Waals surface area contributed by atoms with E-state index in [0.717, 1.165) is 47.1 Å². The van der Waals surface area contributed by atoms with E-state index >= 15 is 0 Å². The summed E-state index contributed by atoms with van der Waals surface area (Å²) in [6.07, 6.45) is 2.80. The molecular weight excluding hydrogens is 938 g/mol. The Balaban J connectivity index is 0.968. The van der Waals surface area contributed by atoms with E-state index < -0.39 is 40.1 Å². The molecular formula is C53H49Cl2N5O8S. The maximum Gasteiger partial charge on any atom is 0.328 e. The van der Waals surface area contributed by atoms with Crippen molar-refractivity contribution >= 4 is 50.9 Å². The maximum atomic E-state index is 15.0. The summed E-state index contributed by atoms with van der Waals surface area (Å²) in [7, 11) is -1.18. The number of aryl methyl sites for hydroxylation is 1. The van der Waals surface area contributed by atoms with Gasteiger partial charge >= 0.3 is 5.97 Å². The second-order valence-corrected chi connectivity index (χ2v) is 20.2. The van der Waals surface area contributed by atoms with Crippen molar-refractivity contribution in [2.24, 2.45) is 0 Å². The standard InChI is InChI=1S/C53H49Cl2N5O8S/c1-32-50(21-22-51(57-32)59(2)41-5-4-6-41)69(63,64)60-29-40-27-48-47(67-31-49(68-48)38-16-18-42(19-17-38)66-30-35-11-20-43(54)44(55)23-35)26-39(40)25-46(60)52(61)58-45(53(62)65-3)24-33-7-12-36(13-8-33)37-14-9-34(28-56)10-15-37/h7-23,26-27,41,45-46,49H,4-6,24-25,29-31H2,1-3H3,(H,58,61)/t45-,46-,49+/m0/s1. The number of benzene rings is 5. The van der Waals surface area contributed by atoms with Gasteiger partial charge in [-0.05, 0) is 132 Å². The number of methoxy groups -OCH3 is 1. The zero-order chi connectivity index (χ0) is 48.4. The number of hydrogen-bond acceptors (Lipinski definition) is 11. The van der Waals surface area contributed by atoms with E-state index in [2.05, 4.69) is 16.3 Å².